The molecule has 0 aliphatic rings. The summed E-state index contributed by atoms with van der Waals surface area (Å²) in [6.45, 7) is 7.03. The maximum absolute atomic E-state index is 11.6. The summed E-state index contributed by atoms with van der Waals surface area (Å²) >= 11 is 0. The predicted molar refractivity (Wildman–Crippen MR) is 55.8 cm³/mol. The number of rotatable bonds is 1. The molecular weight excluding hydrogens is 194 g/mol. The lowest BCUT2D eigenvalue weighted by atomic mass is 10.2. The van der Waals surface area contributed by atoms with Crippen molar-refractivity contribution < 1.29 is 14.6 Å². The van der Waals surface area contributed by atoms with Gasteiger partial charge in [0.2, 0.25) is 0 Å². The summed E-state index contributed by atoms with van der Waals surface area (Å²) in [4.78, 5) is 15.5. The highest BCUT2D eigenvalue weighted by Gasteiger charge is 2.21. The molecular formula is C11H15NO3. The molecule has 0 amide bonds. The van der Waals surface area contributed by atoms with Crippen molar-refractivity contribution in [2.75, 3.05) is 0 Å². The number of hydrogen-bond donors (Lipinski definition) is 1. The van der Waals surface area contributed by atoms with Gasteiger partial charge in [-0.1, -0.05) is 0 Å². The van der Waals surface area contributed by atoms with E-state index in [9.17, 15) is 9.90 Å². The Morgan fingerprint density at radius 3 is 2.53 bits per heavy atom. The second kappa shape index (κ2) is 3.88. The second-order valence-electron chi connectivity index (χ2n) is 4.32. The zero-order chi connectivity index (χ0) is 11.6. The summed E-state index contributed by atoms with van der Waals surface area (Å²) in [5, 5.41) is 9.44. The Labute approximate surface area is 88.9 Å². The van der Waals surface area contributed by atoms with Crippen LogP contribution in [0.1, 0.15) is 37.0 Å². The molecule has 0 unspecified atom stereocenters. The lowest BCUT2D eigenvalue weighted by molar-refractivity contribution is 0.00596. The van der Waals surface area contributed by atoms with Gasteiger partial charge in [0.25, 0.3) is 0 Å². The monoisotopic (exact) mass is 209 g/mol. The van der Waals surface area contributed by atoms with Gasteiger partial charge in [-0.25, -0.2) is 9.78 Å². The van der Waals surface area contributed by atoms with Crippen LogP contribution in [0.4, 0.5) is 0 Å². The van der Waals surface area contributed by atoms with Crippen molar-refractivity contribution in [3.8, 4) is 5.75 Å². The fraction of sp³-hybridized carbons (Fsp3) is 0.455. The Morgan fingerprint density at radius 2 is 2.00 bits per heavy atom. The third-order valence-electron chi connectivity index (χ3n) is 1.61. The van der Waals surface area contributed by atoms with Crippen LogP contribution < -0.4 is 0 Å². The number of aryl methyl sites for hydroxylation is 1. The average Bonchev–Trinajstić information content (AvgIpc) is 2.06. The molecule has 0 saturated heterocycles. The third kappa shape index (κ3) is 3.23. The molecule has 1 heterocycles. The fourth-order valence-corrected chi connectivity index (χ4v) is 1.03. The summed E-state index contributed by atoms with van der Waals surface area (Å²) in [5.41, 5.74) is 0.0353. The number of nitrogens with zero attached hydrogens (tertiary/aromatic N) is 1. The fourth-order valence-electron chi connectivity index (χ4n) is 1.03. The molecule has 4 heteroatoms. The van der Waals surface area contributed by atoms with Crippen LogP contribution in [0.3, 0.4) is 0 Å². The first-order valence-corrected chi connectivity index (χ1v) is 4.69. The van der Waals surface area contributed by atoms with Crippen LogP contribution in [-0.4, -0.2) is 21.7 Å². The van der Waals surface area contributed by atoms with E-state index in [0.717, 1.165) is 0 Å². The second-order valence-corrected chi connectivity index (χ2v) is 4.32. The topological polar surface area (TPSA) is 59.4 Å². The maximum Gasteiger partial charge on any atom is 0.361 e. The lowest BCUT2D eigenvalue weighted by Crippen LogP contribution is -2.24. The minimum absolute atomic E-state index is 0.0371. The number of ether oxygens (including phenoxy) is 1. The van der Waals surface area contributed by atoms with Crippen LogP contribution in [-0.2, 0) is 4.74 Å². The lowest BCUT2D eigenvalue weighted by Gasteiger charge is -2.19. The van der Waals surface area contributed by atoms with Gasteiger partial charge in [0.15, 0.2) is 5.69 Å². The first kappa shape index (κ1) is 11.5. The smallest absolute Gasteiger partial charge is 0.361 e. The van der Waals surface area contributed by atoms with Crippen LogP contribution in [0.25, 0.3) is 0 Å². The highest BCUT2D eigenvalue weighted by Crippen LogP contribution is 2.18. The zero-order valence-corrected chi connectivity index (χ0v) is 9.37. The molecule has 4 nitrogen and oxygen atoms in total. The highest BCUT2D eigenvalue weighted by atomic mass is 16.6. The molecule has 0 bridgehead atoms. The number of carbonyl (C=O) groups is 1. The largest absolute Gasteiger partial charge is 0.505 e. The molecule has 0 aliphatic heterocycles. The number of esters is 1. The highest BCUT2D eigenvalue weighted by molar-refractivity contribution is 5.90. The Morgan fingerprint density at radius 1 is 1.40 bits per heavy atom. The van der Waals surface area contributed by atoms with Gasteiger partial charge in [-0.3, -0.25) is 0 Å². The summed E-state index contributed by atoms with van der Waals surface area (Å²) in [6.07, 6.45) is 0. The van der Waals surface area contributed by atoms with Crippen molar-refractivity contribution >= 4 is 5.97 Å². The molecule has 1 rings (SSSR count). The Hall–Kier alpha value is -1.58. The SMILES string of the molecule is Cc1ccc(O)c(C(=O)OC(C)(C)C)n1. The molecule has 1 N–H and O–H groups in total. The van der Waals surface area contributed by atoms with Crippen LogP contribution in [0.2, 0.25) is 0 Å². The molecule has 0 radical (unpaired) electrons. The van der Waals surface area contributed by atoms with E-state index >= 15 is 0 Å². The molecule has 0 saturated carbocycles. The summed E-state index contributed by atoms with van der Waals surface area (Å²) < 4.78 is 5.10. The van der Waals surface area contributed by atoms with E-state index in [0.29, 0.717) is 5.69 Å². The van der Waals surface area contributed by atoms with Crippen molar-refractivity contribution in [3.63, 3.8) is 0 Å². The maximum atomic E-state index is 11.6. The molecule has 1 aromatic heterocycles. The summed E-state index contributed by atoms with van der Waals surface area (Å²) in [7, 11) is 0. The normalized spacial score (nSPS) is 11.2. The summed E-state index contributed by atoms with van der Waals surface area (Å²) in [5.74, 6) is -0.765. The van der Waals surface area contributed by atoms with Crippen molar-refractivity contribution in [2.45, 2.75) is 33.3 Å². The quantitative estimate of drug-likeness (QED) is 0.719. The van der Waals surface area contributed by atoms with Gasteiger partial charge in [-0.05, 0) is 39.8 Å². The van der Waals surface area contributed by atoms with Gasteiger partial charge in [0.1, 0.15) is 11.4 Å². The minimum atomic E-state index is -0.608. The van der Waals surface area contributed by atoms with E-state index in [1.165, 1.54) is 6.07 Å². The van der Waals surface area contributed by atoms with Crippen LogP contribution in [0.5, 0.6) is 5.75 Å². The number of aromatic nitrogens is 1. The van der Waals surface area contributed by atoms with Gasteiger partial charge in [0, 0.05) is 5.69 Å². The van der Waals surface area contributed by atoms with Gasteiger partial charge >= 0.3 is 5.97 Å². The molecule has 0 spiro atoms. The number of pyridine rings is 1. The molecule has 0 fully saturated rings. The number of hydrogen-bond acceptors (Lipinski definition) is 4. The van der Waals surface area contributed by atoms with Crippen LogP contribution in [0, 0.1) is 6.92 Å². The van der Waals surface area contributed by atoms with Gasteiger partial charge in [0.05, 0.1) is 0 Å². The number of carbonyl (C=O) groups excluding carboxylic acids is 1. The number of aromatic hydroxyl groups is 1. The molecule has 0 aromatic carbocycles. The molecule has 0 atom stereocenters. The molecule has 15 heavy (non-hydrogen) atoms. The summed E-state index contributed by atoms with van der Waals surface area (Å²) in [6, 6.07) is 3.06. The Balaban J connectivity index is 2.96. The van der Waals surface area contributed by atoms with Crippen molar-refractivity contribution in [1.82, 2.24) is 4.98 Å². The van der Waals surface area contributed by atoms with Crippen LogP contribution >= 0.6 is 0 Å². The molecule has 0 aliphatic carbocycles. The first-order valence-electron chi connectivity index (χ1n) is 4.69. The van der Waals surface area contributed by atoms with Crippen molar-refractivity contribution in [3.05, 3.63) is 23.5 Å². The van der Waals surface area contributed by atoms with Crippen molar-refractivity contribution in [2.24, 2.45) is 0 Å². The first-order chi connectivity index (χ1) is 6.79. The zero-order valence-electron chi connectivity index (χ0n) is 9.37. The van der Waals surface area contributed by atoms with E-state index < -0.39 is 11.6 Å². The van der Waals surface area contributed by atoms with Crippen LogP contribution in [0.15, 0.2) is 12.1 Å². The third-order valence-corrected chi connectivity index (χ3v) is 1.61. The van der Waals surface area contributed by atoms with E-state index in [1.54, 1.807) is 33.8 Å². The molecule has 1 aromatic rings. The van der Waals surface area contributed by atoms with Gasteiger partial charge in [-0.15, -0.1) is 0 Å². The standard InChI is InChI=1S/C11H15NO3/c1-7-5-6-8(13)9(12-7)10(14)15-11(2,3)4/h5-6,13H,1-4H3. The van der Waals surface area contributed by atoms with Gasteiger partial charge in [-0.2, -0.15) is 0 Å². The minimum Gasteiger partial charge on any atom is -0.505 e. The Bertz CT molecular complexity index is 380. The van der Waals surface area contributed by atoms with Gasteiger partial charge < -0.3 is 9.84 Å². The van der Waals surface area contributed by atoms with E-state index in [4.69, 9.17) is 4.74 Å². The van der Waals surface area contributed by atoms with E-state index in [1.807, 2.05) is 0 Å². The average molecular weight is 209 g/mol. The van der Waals surface area contributed by atoms with Crippen molar-refractivity contribution in [1.29, 1.82) is 0 Å². The predicted octanol–water partition coefficient (Wildman–Crippen LogP) is 2.05. The van der Waals surface area contributed by atoms with E-state index in [-0.39, 0.29) is 11.4 Å². The van der Waals surface area contributed by atoms with E-state index in [2.05, 4.69) is 4.98 Å². The molecule has 82 valence electrons. The Kier molecular flexibility index (Phi) is 2.98.